The van der Waals surface area contributed by atoms with Crippen LogP contribution < -0.4 is 18.9 Å². The Morgan fingerprint density at radius 1 is 0.951 bits per heavy atom. The number of rotatable bonds is 13. The van der Waals surface area contributed by atoms with Gasteiger partial charge in [0.05, 0.1) is 21.3 Å². The Morgan fingerprint density at radius 3 is 2.24 bits per heavy atom. The molecule has 1 heterocycles. The van der Waals surface area contributed by atoms with E-state index in [1.807, 2.05) is 53.4 Å². The summed E-state index contributed by atoms with van der Waals surface area (Å²) in [6.07, 6.45) is 5.32. The molecular weight excluding hydrogens is 516 g/mol. The van der Waals surface area contributed by atoms with Gasteiger partial charge in [0.1, 0.15) is 11.9 Å². The molecule has 1 unspecified atom stereocenters. The Kier molecular flexibility index (Phi) is 11.1. The van der Waals surface area contributed by atoms with E-state index < -0.39 is 0 Å². The lowest BCUT2D eigenvalue weighted by Gasteiger charge is -2.33. The average molecular weight is 559 g/mol. The van der Waals surface area contributed by atoms with Gasteiger partial charge in [-0.2, -0.15) is 0 Å². The molecule has 1 amide bonds. The number of carbonyl (C=O) groups excluding carboxylic acids is 1. The topological polar surface area (TPSA) is 60.5 Å². The summed E-state index contributed by atoms with van der Waals surface area (Å²) in [5.41, 5.74) is 2.72. The van der Waals surface area contributed by atoms with Crippen LogP contribution in [0.15, 0.2) is 78.4 Å². The molecule has 218 valence electrons. The highest BCUT2D eigenvalue weighted by atomic mass is 16.5. The fraction of sp³-hybridized carbons (Fsp3) is 0.382. The highest BCUT2D eigenvalue weighted by molar-refractivity contribution is 5.96. The number of amides is 1. The Morgan fingerprint density at radius 2 is 1.61 bits per heavy atom. The van der Waals surface area contributed by atoms with Crippen molar-refractivity contribution in [2.75, 3.05) is 54.1 Å². The maximum absolute atomic E-state index is 13.9. The van der Waals surface area contributed by atoms with Gasteiger partial charge in [-0.05, 0) is 69.1 Å². The monoisotopic (exact) mass is 558 g/mol. The van der Waals surface area contributed by atoms with Gasteiger partial charge in [0.15, 0.2) is 11.5 Å². The second-order valence-electron chi connectivity index (χ2n) is 10.4. The summed E-state index contributed by atoms with van der Waals surface area (Å²) in [5, 5.41) is 0. The van der Waals surface area contributed by atoms with E-state index in [2.05, 4.69) is 30.0 Å². The van der Waals surface area contributed by atoms with Crippen LogP contribution in [-0.2, 0) is 0 Å². The number of ether oxygens (including phenoxy) is 4. The number of likely N-dealkylation sites (tertiary alicyclic amines) is 1. The Hall–Kier alpha value is -3.97. The second kappa shape index (κ2) is 15.1. The first-order valence-electron chi connectivity index (χ1n) is 14.3. The second-order valence-corrected chi connectivity index (χ2v) is 10.4. The minimum atomic E-state index is -0.0750. The predicted molar refractivity (Wildman–Crippen MR) is 163 cm³/mol. The van der Waals surface area contributed by atoms with E-state index in [0.29, 0.717) is 35.9 Å². The molecule has 1 aliphatic heterocycles. The van der Waals surface area contributed by atoms with E-state index in [4.69, 9.17) is 18.9 Å². The van der Waals surface area contributed by atoms with Gasteiger partial charge in [-0.1, -0.05) is 60.2 Å². The van der Waals surface area contributed by atoms with E-state index >= 15 is 0 Å². The number of piperidine rings is 1. The summed E-state index contributed by atoms with van der Waals surface area (Å²) in [6, 6.07) is 23.7. The van der Waals surface area contributed by atoms with Crippen LogP contribution in [0.2, 0.25) is 0 Å². The fourth-order valence-electron chi connectivity index (χ4n) is 5.31. The molecule has 0 bridgehead atoms. The van der Waals surface area contributed by atoms with Crippen LogP contribution in [0, 0.1) is 0 Å². The third-order valence-corrected chi connectivity index (χ3v) is 7.26. The van der Waals surface area contributed by atoms with Crippen LogP contribution in [0.1, 0.15) is 42.1 Å². The van der Waals surface area contributed by atoms with Crippen LogP contribution in [0.4, 0.5) is 0 Å². The Labute approximate surface area is 244 Å². The molecule has 4 rings (SSSR count). The maximum atomic E-state index is 13.9. The number of methoxy groups -OCH3 is 3. The summed E-state index contributed by atoms with van der Waals surface area (Å²) in [6.45, 7) is 6.04. The molecule has 0 radical (unpaired) electrons. The van der Waals surface area contributed by atoms with Crippen LogP contribution >= 0.6 is 0 Å². The number of benzene rings is 3. The highest BCUT2D eigenvalue weighted by Gasteiger charge is 2.24. The molecule has 0 N–H and O–H groups in total. The lowest BCUT2D eigenvalue weighted by atomic mass is 10.1. The molecule has 0 aliphatic carbocycles. The number of hydrogen-bond acceptors (Lipinski definition) is 6. The van der Waals surface area contributed by atoms with Crippen molar-refractivity contribution >= 4 is 12.0 Å². The van der Waals surface area contributed by atoms with E-state index in [9.17, 15) is 4.79 Å². The van der Waals surface area contributed by atoms with E-state index in [1.165, 1.54) is 0 Å². The SMILES string of the molecule is COc1cc(C(=O)N(CCCN2CCCC(Oc3ccccc3)C2)C/C(C)=C/c2ccccc2)cc(OC)c1OC. The first kappa shape index (κ1) is 30.0. The van der Waals surface area contributed by atoms with Crippen molar-refractivity contribution in [1.82, 2.24) is 9.80 Å². The largest absolute Gasteiger partial charge is 0.493 e. The van der Waals surface area contributed by atoms with Gasteiger partial charge in [0, 0.05) is 25.2 Å². The van der Waals surface area contributed by atoms with Crippen LogP contribution in [0.5, 0.6) is 23.0 Å². The third-order valence-electron chi connectivity index (χ3n) is 7.26. The van der Waals surface area contributed by atoms with Crippen molar-refractivity contribution in [3.05, 3.63) is 89.5 Å². The summed E-state index contributed by atoms with van der Waals surface area (Å²) in [7, 11) is 4.68. The molecule has 41 heavy (non-hydrogen) atoms. The fourth-order valence-corrected chi connectivity index (χ4v) is 5.31. The Balaban J connectivity index is 1.46. The number of para-hydroxylation sites is 1. The smallest absolute Gasteiger partial charge is 0.254 e. The first-order valence-corrected chi connectivity index (χ1v) is 14.3. The molecule has 7 heteroatoms. The van der Waals surface area contributed by atoms with Gasteiger partial charge in [-0.3, -0.25) is 9.69 Å². The summed E-state index contributed by atoms with van der Waals surface area (Å²) in [4.78, 5) is 18.3. The lowest BCUT2D eigenvalue weighted by molar-refractivity contribution is 0.0723. The first-order chi connectivity index (χ1) is 20.0. The molecule has 0 aromatic heterocycles. The van der Waals surface area contributed by atoms with E-state index in [-0.39, 0.29) is 12.0 Å². The van der Waals surface area contributed by atoms with Crippen LogP contribution in [0.25, 0.3) is 6.08 Å². The maximum Gasteiger partial charge on any atom is 0.254 e. The summed E-state index contributed by atoms with van der Waals surface area (Å²) >= 11 is 0. The van der Waals surface area contributed by atoms with Gasteiger partial charge in [0.2, 0.25) is 5.75 Å². The van der Waals surface area contributed by atoms with Gasteiger partial charge < -0.3 is 23.8 Å². The summed E-state index contributed by atoms with van der Waals surface area (Å²) in [5.74, 6) is 2.24. The van der Waals surface area contributed by atoms with Crippen molar-refractivity contribution < 1.29 is 23.7 Å². The van der Waals surface area contributed by atoms with Crippen molar-refractivity contribution in [1.29, 1.82) is 0 Å². The molecular formula is C34H42N2O5. The van der Waals surface area contributed by atoms with Gasteiger partial charge in [-0.15, -0.1) is 0 Å². The zero-order valence-corrected chi connectivity index (χ0v) is 24.7. The molecule has 1 saturated heterocycles. The van der Waals surface area contributed by atoms with Gasteiger partial charge in [0.25, 0.3) is 5.91 Å². The average Bonchev–Trinajstić information content (AvgIpc) is 3.00. The third kappa shape index (κ3) is 8.51. The molecule has 1 fully saturated rings. The van der Waals surface area contributed by atoms with Gasteiger partial charge >= 0.3 is 0 Å². The van der Waals surface area contributed by atoms with Crippen LogP contribution in [0.3, 0.4) is 0 Å². The van der Waals surface area contributed by atoms with Crippen molar-refractivity contribution in [2.24, 2.45) is 0 Å². The normalized spacial score (nSPS) is 15.7. The number of hydrogen-bond donors (Lipinski definition) is 0. The predicted octanol–water partition coefficient (Wildman–Crippen LogP) is 6.19. The van der Waals surface area contributed by atoms with Crippen molar-refractivity contribution in [3.8, 4) is 23.0 Å². The number of carbonyl (C=O) groups is 1. The molecule has 3 aromatic rings. The van der Waals surface area contributed by atoms with Crippen molar-refractivity contribution in [3.63, 3.8) is 0 Å². The highest BCUT2D eigenvalue weighted by Crippen LogP contribution is 2.38. The minimum absolute atomic E-state index is 0.0750. The molecule has 0 spiro atoms. The van der Waals surface area contributed by atoms with E-state index in [1.54, 1.807) is 33.5 Å². The van der Waals surface area contributed by atoms with E-state index in [0.717, 1.165) is 55.8 Å². The van der Waals surface area contributed by atoms with Crippen molar-refractivity contribution in [2.45, 2.75) is 32.3 Å². The van der Waals surface area contributed by atoms with Crippen LogP contribution in [-0.4, -0.2) is 75.9 Å². The molecule has 0 saturated carbocycles. The quantitative estimate of drug-likeness (QED) is 0.249. The molecule has 1 atom stereocenters. The summed E-state index contributed by atoms with van der Waals surface area (Å²) < 4.78 is 22.7. The molecule has 3 aromatic carbocycles. The number of nitrogens with zero attached hydrogens (tertiary/aromatic N) is 2. The van der Waals surface area contributed by atoms with Gasteiger partial charge in [-0.25, -0.2) is 0 Å². The molecule has 7 nitrogen and oxygen atoms in total. The zero-order chi connectivity index (χ0) is 29.0. The lowest BCUT2D eigenvalue weighted by Crippen LogP contribution is -2.42. The Bertz CT molecular complexity index is 1250. The minimum Gasteiger partial charge on any atom is -0.493 e. The molecule has 1 aliphatic rings. The standard InChI is InChI=1S/C34H42N2O5/c1-26(21-27-13-7-5-8-14-27)24-36(34(37)28-22-31(38-2)33(40-4)32(23-28)39-3)20-12-19-35-18-11-17-30(25-35)41-29-15-9-6-10-16-29/h5-10,13-16,21-23,30H,11-12,17-20,24-25H2,1-4H3/b26-21+. The zero-order valence-electron chi connectivity index (χ0n) is 24.7.